The van der Waals surface area contributed by atoms with Crippen LogP contribution in [0.1, 0.15) is 37.4 Å². The third kappa shape index (κ3) is 7.67. The van der Waals surface area contributed by atoms with Crippen LogP contribution in [0.15, 0.2) is 102 Å². The monoisotopic (exact) mass is 651 g/mol. The second kappa shape index (κ2) is 15.1. The Labute approximate surface area is 279 Å². The molecule has 3 heterocycles. The Hall–Kier alpha value is -5.20. The average Bonchev–Trinajstić information content (AvgIpc) is 3.73. The minimum Gasteiger partial charge on any atom is -0.497 e. The summed E-state index contributed by atoms with van der Waals surface area (Å²) < 4.78 is 27.5. The molecule has 3 atom stereocenters. The number of nitrogens with one attached hydrogen (secondary N) is 2. The van der Waals surface area contributed by atoms with E-state index in [9.17, 15) is 4.79 Å². The SMILES string of the molecule is CCC(C)n1ncn(-c2ccc(NCCNc3ccc(OC[C@@H]4CO[C@](Cc5ccnnc5)(c5cccc(OC)c5)O4)cc3)cc2)c1=O. The fraction of sp³-hybridized carbons (Fsp3) is 0.333. The zero-order chi connectivity index (χ0) is 33.3. The lowest BCUT2D eigenvalue weighted by atomic mass is 9.98. The van der Waals surface area contributed by atoms with Crippen molar-refractivity contribution < 1.29 is 18.9 Å². The van der Waals surface area contributed by atoms with E-state index in [1.807, 2.05) is 92.7 Å². The van der Waals surface area contributed by atoms with E-state index >= 15 is 0 Å². The van der Waals surface area contributed by atoms with Gasteiger partial charge in [0.05, 0.1) is 31.6 Å². The third-order valence-corrected chi connectivity index (χ3v) is 8.37. The number of ether oxygens (including phenoxy) is 4. The number of nitrogens with zero attached hydrogens (tertiary/aromatic N) is 5. The lowest BCUT2D eigenvalue weighted by molar-refractivity contribution is -0.178. The highest BCUT2D eigenvalue weighted by atomic mass is 16.8. The number of benzene rings is 3. The van der Waals surface area contributed by atoms with Gasteiger partial charge in [-0.25, -0.2) is 14.0 Å². The summed E-state index contributed by atoms with van der Waals surface area (Å²) in [7, 11) is 1.64. The summed E-state index contributed by atoms with van der Waals surface area (Å²) in [5.74, 6) is 0.478. The highest BCUT2D eigenvalue weighted by Crippen LogP contribution is 2.39. The van der Waals surface area contributed by atoms with Crippen LogP contribution in [0.3, 0.4) is 0 Å². The largest absolute Gasteiger partial charge is 0.497 e. The molecule has 0 amide bonds. The fourth-order valence-corrected chi connectivity index (χ4v) is 5.53. The van der Waals surface area contributed by atoms with Crippen molar-refractivity contribution in [3.8, 4) is 17.2 Å². The van der Waals surface area contributed by atoms with Gasteiger partial charge in [-0.3, -0.25) is 0 Å². The quantitative estimate of drug-likeness (QED) is 0.146. The Morgan fingerprint density at radius 1 is 0.979 bits per heavy atom. The Kier molecular flexibility index (Phi) is 10.3. The van der Waals surface area contributed by atoms with Crippen molar-refractivity contribution in [2.24, 2.45) is 0 Å². The lowest BCUT2D eigenvalue weighted by Crippen LogP contribution is -2.32. The first-order chi connectivity index (χ1) is 23.5. The Balaban J connectivity index is 0.970. The van der Waals surface area contributed by atoms with Crippen molar-refractivity contribution in [3.63, 3.8) is 0 Å². The lowest BCUT2D eigenvalue weighted by Gasteiger charge is -2.29. The van der Waals surface area contributed by atoms with Crippen LogP contribution < -0.4 is 25.8 Å². The third-order valence-electron chi connectivity index (χ3n) is 8.37. The molecular weight excluding hydrogens is 610 g/mol. The molecule has 0 aliphatic carbocycles. The van der Waals surface area contributed by atoms with Crippen molar-refractivity contribution in [2.75, 3.05) is 44.0 Å². The molecule has 12 nitrogen and oxygen atoms in total. The van der Waals surface area contributed by atoms with Gasteiger partial charge in [-0.05, 0) is 85.6 Å². The van der Waals surface area contributed by atoms with E-state index in [4.69, 9.17) is 18.9 Å². The van der Waals surface area contributed by atoms with Crippen LogP contribution in [0.2, 0.25) is 0 Å². The number of anilines is 2. The summed E-state index contributed by atoms with van der Waals surface area (Å²) in [5.41, 5.74) is 4.42. The molecule has 1 saturated heterocycles. The molecule has 48 heavy (non-hydrogen) atoms. The molecule has 250 valence electrons. The van der Waals surface area contributed by atoms with Gasteiger partial charge in [0.1, 0.15) is 30.5 Å². The summed E-state index contributed by atoms with van der Waals surface area (Å²) in [5, 5.41) is 19.0. The standard InChI is InChI=1S/C36H41N7O5/c1-4-26(2)43-35(44)42(25-41-43)31-12-8-29(9-13-31)37-18-19-38-30-10-14-32(15-11-30)46-23-34-24-47-36(48-34,21-27-16-17-39-40-22-27)28-6-5-7-33(20-28)45-3/h5-17,20,22,25-26,34,37-38H,4,18-19,21,23-24H2,1-3H3/t26?,34-,36+/m1/s1. The first kappa shape index (κ1) is 32.7. The Morgan fingerprint density at radius 2 is 1.73 bits per heavy atom. The summed E-state index contributed by atoms with van der Waals surface area (Å²) >= 11 is 0. The smallest absolute Gasteiger partial charge is 0.350 e. The van der Waals surface area contributed by atoms with Gasteiger partial charge in [0.25, 0.3) is 0 Å². The van der Waals surface area contributed by atoms with Crippen molar-refractivity contribution in [1.29, 1.82) is 0 Å². The van der Waals surface area contributed by atoms with Gasteiger partial charge < -0.3 is 29.6 Å². The fourth-order valence-electron chi connectivity index (χ4n) is 5.53. The Morgan fingerprint density at radius 3 is 2.42 bits per heavy atom. The van der Waals surface area contributed by atoms with E-state index in [1.54, 1.807) is 30.4 Å². The van der Waals surface area contributed by atoms with Crippen LogP contribution in [0.25, 0.3) is 5.69 Å². The summed E-state index contributed by atoms with van der Waals surface area (Å²) in [6.45, 7) is 6.18. The average molecular weight is 652 g/mol. The maximum absolute atomic E-state index is 12.7. The molecule has 2 N–H and O–H groups in total. The minimum absolute atomic E-state index is 0.0617. The number of hydrogen-bond donors (Lipinski definition) is 2. The molecule has 1 aliphatic rings. The number of hydrogen-bond acceptors (Lipinski definition) is 10. The molecule has 0 saturated carbocycles. The molecule has 3 aromatic carbocycles. The van der Waals surface area contributed by atoms with Crippen molar-refractivity contribution in [3.05, 3.63) is 119 Å². The van der Waals surface area contributed by atoms with Crippen LogP contribution in [-0.2, 0) is 21.7 Å². The van der Waals surface area contributed by atoms with Crippen molar-refractivity contribution in [1.82, 2.24) is 24.5 Å². The molecular formula is C36H41N7O5. The summed E-state index contributed by atoms with van der Waals surface area (Å²) in [6, 6.07) is 25.3. The summed E-state index contributed by atoms with van der Waals surface area (Å²) in [4.78, 5) is 12.7. The molecule has 5 aromatic rings. The van der Waals surface area contributed by atoms with Crippen LogP contribution in [-0.4, -0.2) is 64.1 Å². The maximum Gasteiger partial charge on any atom is 0.350 e. The summed E-state index contributed by atoms with van der Waals surface area (Å²) in [6.07, 6.45) is 6.00. The first-order valence-electron chi connectivity index (χ1n) is 16.2. The molecule has 0 radical (unpaired) electrons. The van der Waals surface area contributed by atoms with E-state index in [0.717, 1.165) is 52.7 Å². The molecule has 12 heteroatoms. The minimum atomic E-state index is -0.994. The van der Waals surface area contributed by atoms with Gasteiger partial charge in [0, 0.05) is 42.6 Å². The van der Waals surface area contributed by atoms with Crippen LogP contribution in [0.5, 0.6) is 11.5 Å². The molecule has 0 spiro atoms. The van der Waals surface area contributed by atoms with Gasteiger partial charge in [-0.1, -0.05) is 19.1 Å². The van der Waals surface area contributed by atoms with E-state index < -0.39 is 5.79 Å². The number of aromatic nitrogens is 5. The second-order valence-corrected chi connectivity index (χ2v) is 11.7. The van der Waals surface area contributed by atoms with Gasteiger partial charge in [-0.15, -0.1) is 0 Å². The topological polar surface area (TPSA) is 127 Å². The molecule has 0 bridgehead atoms. The van der Waals surface area contributed by atoms with E-state index in [0.29, 0.717) is 26.2 Å². The zero-order valence-electron chi connectivity index (χ0n) is 27.4. The van der Waals surface area contributed by atoms with E-state index in [1.165, 1.54) is 4.68 Å². The second-order valence-electron chi connectivity index (χ2n) is 11.7. The van der Waals surface area contributed by atoms with Crippen LogP contribution in [0, 0.1) is 0 Å². The van der Waals surface area contributed by atoms with Crippen LogP contribution in [0.4, 0.5) is 11.4 Å². The molecule has 6 rings (SSSR count). The van der Waals surface area contributed by atoms with Gasteiger partial charge in [-0.2, -0.15) is 15.3 Å². The van der Waals surface area contributed by atoms with Gasteiger partial charge in [0.15, 0.2) is 5.79 Å². The normalized spacial score (nSPS) is 17.9. The van der Waals surface area contributed by atoms with Crippen molar-refractivity contribution in [2.45, 2.75) is 44.6 Å². The van der Waals surface area contributed by atoms with E-state index in [-0.39, 0.29) is 17.8 Å². The number of rotatable bonds is 15. The predicted molar refractivity (Wildman–Crippen MR) is 183 cm³/mol. The Bertz CT molecular complexity index is 1810. The van der Waals surface area contributed by atoms with Gasteiger partial charge >= 0.3 is 5.69 Å². The van der Waals surface area contributed by atoms with Crippen LogP contribution >= 0.6 is 0 Å². The molecule has 1 fully saturated rings. The molecule has 1 unspecified atom stereocenters. The van der Waals surface area contributed by atoms with Gasteiger partial charge in [0.2, 0.25) is 0 Å². The number of methoxy groups -OCH3 is 1. The van der Waals surface area contributed by atoms with Crippen molar-refractivity contribution >= 4 is 11.4 Å². The highest BCUT2D eigenvalue weighted by Gasteiger charge is 2.44. The highest BCUT2D eigenvalue weighted by molar-refractivity contribution is 5.50. The zero-order valence-corrected chi connectivity index (χ0v) is 27.4. The van der Waals surface area contributed by atoms with E-state index in [2.05, 4.69) is 25.9 Å². The molecule has 2 aromatic heterocycles. The maximum atomic E-state index is 12.7. The predicted octanol–water partition coefficient (Wildman–Crippen LogP) is 5.22. The first-order valence-corrected chi connectivity index (χ1v) is 16.2. The molecule has 1 aliphatic heterocycles.